The van der Waals surface area contributed by atoms with Crippen molar-refractivity contribution in [1.29, 1.82) is 0 Å². The van der Waals surface area contributed by atoms with Gasteiger partial charge in [0.15, 0.2) is 5.65 Å². The van der Waals surface area contributed by atoms with Crippen LogP contribution >= 0.6 is 11.8 Å². The Hall–Kier alpha value is -1.07. The van der Waals surface area contributed by atoms with Crippen molar-refractivity contribution in [3.05, 3.63) is 24.2 Å². The molecule has 4 heterocycles. The van der Waals surface area contributed by atoms with Crippen molar-refractivity contribution < 1.29 is 0 Å². The summed E-state index contributed by atoms with van der Waals surface area (Å²) in [5, 5.41) is 3.48. The van der Waals surface area contributed by atoms with Gasteiger partial charge in [0.25, 0.3) is 0 Å². The Morgan fingerprint density at radius 1 is 1.29 bits per heavy atom. The van der Waals surface area contributed by atoms with Gasteiger partial charge in [-0.15, -0.1) is 0 Å². The minimum Gasteiger partial charge on any atom is -0.315 e. The van der Waals surface area contributed by atoms with Crippen LogP contribution in [0.1, 0.15) is 31.1 Å². The van der Waals surface area contributed by atoms with E-state index in [9.17, 15) is 0 Å². The van der Waals surface area contributed by atoms with Crippen LogP contribution in [0.25, 0.3) is 11.2 Å². The lowest BCUT2D eigenvalue weighted by atomic mass is 9.98. The first-order chi connectivity index (χ1) is 10.4. The lowest BCUT2D eigenvalue weighted by Gasteiger charge is -2.22. The van der Waals surface area contributed by atoms with Gasteiger partial charge in [0.1, 0.15) is 11.3 Å². The molecule has 4 nitrogen and oxygen atoms in total. The summed E-state index contributed by atoms with van der Waals surface area (Å²) in [6, 6.07) is 4.62. The van der Waals surface area contributed by atoms with E-state index < -0.39 is 0 Å². The average Bonchev–Trinajstić information content (AvgIpc) is 3.14. The second-order valence-corrected chi connectivity index (χ2v) is 7.38. The molecule has 2 aliphatic heterocycles. The Kier molecular flexibility index (Phi) is 3.86. The Balaban J connectivity index is 1.70. The number of fused-ring (bicyclic) bond motifs is 1. The summed E-state index contributed by atoms with van der Waals surface area (Å²) in [5.74, 6) is 4.69. The molecule has 0 radical (unpaired) electrons. The number of hydrogen-bond donors (Lipinski definition) is 1. The highest BCUT2D eigenvalue weighted by atomic mass is 32.2. The second kappa shape index (κ2) is 5.97. The zero-order valence-corrected chi connectivity index (χ0v) is 13.1. The molecule has 0 aromatic carbocycles. The van der Waals surface area contributed by atoms with Crippen LogP contribution in [0.15, 0.2) is 18.3 Å². The number of aromatic nitrogens is 3. The minimum atomic E-state index is 0.526. The molecule has 21 heavy (non-hydrogen) atoms. The van der Waals surface area contributed by atoms with Crippen molar-refractivity contribution in [3.63, 3.8) is 0 Å². The van der Waals surface area contributed by atoms with Crippen LogP contribution in [0.4, 0.5) is 0 Å². The van der Waals surface area contributed by atoms with Crippen LogP contribution in [0, 0.1) is 5.92 Å². The lowest BCUT2D eigenvalue weighted by Crippen LogP contribution is -2.19. The Morgan fingerprint density at radius 3 is 3.00 bits per heavy atom. The van der Waals surface area contributed by atoms with Crippen LogP contribution in [0.5, 0.6) is 0 Å². The normalized spacial score (nSPS) is 23.9. The number of hydrogen-bond acceptors (Lipinski definition) is 4. The molecule has 2 saturated heterocycles. The maximum atomic E-state index is 4.92. The zero-order chi connectivity index (χ0) is 14.1. The van der Waals surface area contributed by atoms with Crippen LogP contribution in [-0.2, 0) is 6.42 Å². The number of nitrogens with zero attached hydrogens (tertiary/aromatic N) is 3. The topological polar surface area (TPSA) is 42.7 Å². The van der Waals surface area contributed by atoms with Gasteiger partial charge in [-0.3, -0.25) is 0 Å². The van der Waals surface area contributed by atoms with E-state index >= 15 is 0 Å². The SMILES string of the molecule is c1cnc2c(c1)nc(CC1CCSCC1)n2C1CCNC1. The summed E-state index contributed by atoms with van der Waals surface area (Å²) < 4.78 is 2.43. The monoisotopic (exact) mass is 302 g/mol. The average molecular weight is 302 g/mol. The highest BCUT2D eigenvalue weighted by molar-refractivity contribution is 7.99. The third-order valence-electron chi connectivity index (χ3n) is 4.73. The molecule has 5 heteroatoms. The predicted molar refractivity (Wildman–Crippen MR) is 87.8 cm³/mol. The molecule has 2 aromatic heterocycles. The van der Waals surface area contributed by atoms with Gasteiger partial charge < -0.3 is 9.88 Å². The lowest BCUT2D eigenvalue weighted by molar-refractivity contribution is 0.447. The van der Waals surface area contributed by atoms with E-state index in [1.165, 1.54) is 36.6 Å². The number of nitrogens with one attached hydrogen (secondary N) is 1. The summed E-state index contributed by atoms with van der Waals surface area (Å²) >= 11 is 2.09. The minimum absolute atomic E-state index is 0.526. The van der Waals surface area contributed by atoms with E-state index in [0.29, 0.717) is 6.04 Å². The largest absolute Gasteiger partial charge is 0.315 e. The van der Waals surface area contributed by atoms with Crippen molar-refractivity contribution in [2.24, 2.45) is 5.92 Å². The number of pyridine rings is 1. The van der Waals surface area contributed by atoms with Crippen molar-refractivity contribution in [1.82, 2.24) is 19.9 Å². The standard InChI is InChI=1S/C16H22N4S/c1-2-14-16(18-6-1)20(13-3-7-17-11-13)15(19-14)10-12-4-8-21-9-5-12/h1-2,6,12-13,17H,3-5,7-11H2. The predicted octanol–water partition coefficient (Wildman–Crippen LogP) is 2.65. The van der Waals surface area contributed by atoms with Gasteiger partial charge in [-0.25, -0.2) is 9.97 Å². The molecule has 1 atom stereocenters. The van der Waals surface area contributed by atoms with E-state index in [4.69, 9.17) is 4.98 Å². The molecule has 2 aromatic rings. The summed E-state index contributed by atoms with van der Waals surface area (Å²) in [6.07, 6.45) is 6.88. The van der Waals surface area contributed by atoms with Gasteiger partial charge in [0, 0.05) is 19.2 Å². The van der Waals surface area contributed by atoms with E-state index in [-0.39, 0.29) is 0 Å². The summed E-state index contributed by atoms with van der Waals surface area (Å²) in [4.78, 5) is 9.53. The highest BCUT2D eigenvalue weighted by Gasteiger charge is 2.25. The highest BCUT2D eigenvalue weighted by Crippen LogP contribution is 2.29. The summed E-state index contributed by atoms with van der Waals surface area (Å²) in [6.45, 7) is 2.16. The molecule has 4 rings (SSSR count). The van der Waals surface area contributed by atoms with E-state index in [0.717, 1.165) is 36.6 Å². The molecule has 2 fully saturated rings. The molecule has 2 aliphatic rings. The molecule has 0 bridgehead atoms. The van der Waals surface area contributed by atoms with E-state index in [1.807, 2.05) is 12.3 Å². The molecule has 0 aliphatic carbocycles. The first-order valence-electron chi connectivity index (χ1n) is 8.02. The second-order valence-electron chi connectivity index (χ2n) is 6.15. The summed E-state index contributed by atoms with van der Waals surface area (Å²) in [5.41, 5.74) is 2.14. The quantitative estimate of drug-likeness (QED) is 0.946. The molecular weight excluding hydrogens is 280 g/mol. The fraction of sp³-hybridized carbons (Fsp3) is 0.625. The smallest absolute Gasteiger partial charge is 0.160 e. The van der Waals surface area contributed by atoms with Gasteiger partial charge in [0.05, 0.1) is 6.04 Å². The van der Waals surface area contributed by atoms with Crippen molar-refractivity contribution in [2.45, 2.75) is 31.7 Å². The van der Waals surface area contributed by atoms with E-state index in [1.54, 1.807) is 0 Å². The maximum Gasteiger partial charge on any atom is 0.160 e. The number of imidazole rings is 1. The van der Waals surface area contributed by atoms with Crippen LogP contribution in [0.2, 0.25) is 0 Å². The first-order valence-corrected chi connectivity index (χ1v) is 9.17. The third kappa shape index (κ3) is 2.69. The number of thioether (sulfide) groups is 1. The van der Waals surface area contributed by atoms with Crippen LogP contribution in [-0.4, -0.2) is 39.1 Å². The third-order valence-corrected chi connectivity index (χ3v) is 5.78. The Bertz CT molecular complexity index is 612. The molecule has 0 spiro atoms. The first kappa shape index (κ1) is 13.6. The van der Waals surface area contributed by atoms with E-state index in [2.05, 4.69) is 32.7 Å². The molecule has 1 unspecified atom stereocenters. The molecule has 0 amide bonds. The van der Waals surface area contributed by atoms with Crippen LogP contribution < -0.4 is 5.32 Å². The fourth-order valence-corrected chi connectivity index (χ4v) is 4.78. The van der Waals surface area contributed by atoms with Gasteiger partial charge in [0.2, 0.25) is 0 Å². The molecular formula is C16H22N4S. The molecule has 112 valence electrons. The van der Waals surface area contributed by atoms with Gasteiger partial charge in [-0.05, 0) is 55.4 Å². The maximum absolute atomic E-state index is 4.92. The van der Waals surface area contributed by atoms with Gasteiger partial charge in [-0.2, -0.15) is 11.8 Å². The van der Waals surface area contributed by atoms with Crippen molar-refractivity contribution in [2.75, 3.05) is 24.6 Å². The zero-order valence-electron chi connectivity index (χ0n) is 12.3. The summed E-state index contributed by atoms with van der Waals surface area (Å²) in [7, 11) is 0. The fourth-order valence-electron chi connectivity index (χ4n) is 3.57. The van der Waals surface area contributed by atoms with Gasteiger partial charge >= 0.3 is 0 Å². The van der Waals surface area contributed by atoms with Crippen molar-refractivity contribution in [3.8, 4) is 0 Å². The van der Waals surface area contributed by atoms with Crippen LogP contribution in [0.3, 0.4) is 0 Å². The Morgan fingerprint density at radius 2 is 2.19 bits per heavy atom. The molecule has 1 N–H and O–H groups in total. The Labute approximate surface area is 129 Å². The number of rotatable bonds is 3. The van der Waals surface area contributed by atoms with Gasteiger partial charge in [-0.1, -0.05) is 0 Å². The van der Waals surface area contributed by atoms with Crippen molar-refractivity contribution >= 4 is 22.9 Å². The molecule has 0 saturated carbocycles.